The molecule has 0 aliphatic carbocycles. The number of carbonyl (C=O) groups excluding carboxylic acids is 2. The number of aliphatic imine (C=N–C) groups is 1. The molecule has 0 saturated carbocycles. The highest BCUT2D eigenvalue weighted by molar-refractivity contribution is 7.92. The Bertz CT molecular complexity index is 1810. The predicted octanol–water partition coefficient (Wildman–Crippen LogP) is 5.69. The summed E-state index contributed by atoms with van der Waals surface area (Å²) in [4.78, 5) is 33.9. The Balaban J connectivity index is 1.90. The first-order valence-electron chi connectivity index (χ1n) is 18.2. The van der Waals surface area contributed by atoms with Crippen LogP contribution in [0.1, 0.15) is 61.5 Å². The van der Waals surface area contributed by atoms with Crippen LogP contribution in [0, 0.1) is 17.8 Å². The van der Waals surface area contributed by atoms with E-state index >= 15 is 0 Å². The molecule has 5 atom stereocenters. The Morgan fingerprint density at radius 2 is 1.94 bits per heavy atom. The third kappa shape index (κ3) is 11.8. The van der Waals surface area contributed by atoms with E-state index in [-0.39, 0.29) is 34.6 Å². The second kappa shape index (κ2) is 20.0. The number of methoxy groups -OCH3 is 1. The molecule has 53 heavy (non-hydrogen) atoms. The molecule has 12 nitrogen and oxygen atoms in total. The Kier molecular flexibility index (Phi) is 15.8. The number of nitrogens with two attached hydrogens (primary N) is 1. The average Bonchev–Trinajstić information content (AvgIpc) is 3.15. The molecule has 2 amide bonds. The number of likely N-dealkylation sites (N-methyl/N-ethyl adjacent to an activating group) is 1. The van der Waals surface area contributed by atoms with Crippen molar-refractivity contribution in [1.82, 2.24) is 10.0 Å². The molecule has 2 bridgehead atoms. The van der Waals surface area contributed by atoms with Gasteiger partial charge in [0.25, 0.3) is 11.8 Å². The fourth-order valence-electron chi connectivity index (χ4n) is 6.36. The molecule has 0 aromatic heterocycles. The van der Waals surface area contributed by atoms with Crippen molar-refractivity contribution in [2.45, 2.75) is 59.1 Å². The highest BCUT2D eigenvalue weighted by Crippen LogP contribution is 2.35. The van der Waals surface area contributed by atoms with Crippen molar-refractivity contribution in [2.24, 2.45) is 32.8 Å². The molecule has 2 aliphatic rings. The number of anilines is 1. The van der Waals surface area contributed by atoms with Crippen LogP contribution >= 0.6 is 11.6 Å². The summed E-state index contributed by atoms with van der Waals surface area (Å²) < 4.78 is 39.3. The van der Waals surface area contributed by atoms with Crippen LogP contribution in [-0.2, 0) is 37.1 Å². The lowest BCUT2D eigenvalue weighted by atomic mass is 9.91. The Hall–Kier alpha value is -3.91. The highest BCUT2D eigenvalue weighted by Gasteiger charge is 2.28. The normalized spacial score (nSPS) is 25.6. The lowest BCUT2D eigenvalue weighted by molar-refractivity contribution is -0.115. The maximum Gasteiger partial charge on any atom is 0.286 e. The molecule has 1 unspecified atom stereocenters. The number of nitrogens with one attached hydrogen (secondary N) is 2. The van der Waals surface area contributed by atoms with Crippen molar-refractivity contribution in [3.8, 4) is 5.75 Å². The number of hydrogen-bond acceptors (Lipinski definition) is 10. The summed E-state index contributed by atoms with van der Waals surface area (Å²) in [5.74, 6) is -1.27. The van der Waals surface area contributed by atoms with Crippen molar-refractivity contribution in [3.63, 3.8) is 0 Å². The summed E-state index contributed by atoms with van der Waals surface area (Å²) >= 11 is 6.46. The summed E-state index contributed by atoms with van der Waals surface area (Å²) in [6, 6.07) is 11.2. The highest BCUT2D eigenvalue weighted by atomic mass is 35.5. The van der Waals surface area contributed by atoms with Gasteiger partial charge in [0.05, 0.1) is 37.9 Å². The molecule has 290 valence electrons. The molecule has 14 heteroatoms. The van der Waals surface area contributed by atoms with Crippen molar-refractivity contribution in [3.05, 3.63) is 81.7 Å². The first-order valence-corrected chi connectivity index (χ1v) is 20.2. The molecule has 2 heterocycles. The number of aryl methyl sites for hydroxylation is 1. The second-order valence-corrected chi connectivity index (χ2v) is 16.3. The van der Waals surface area contributed by atoms with Gasteiger partial charge < -0.3 is 30.2 Å². The lowest BCUT2D eigenvalue weighted by Crippen LogP contribution is -2.39. The zero-order valence-electron chi connectivity index (χ0n) is 31.7. The number of ether oxygens (including phenoxy) is 3. The summed E-state index contributed by atoms with van der Waals surface area (Å²) in [5.41, 5.74) is 9.07. The van der Waals surface area contributed by atoms with E-state index in [1.54, 1.807) is 18.2 Å². The van der Waals surface area contributed by atoms with E-state index in [2.05, 4.69) is 50.3 Å². The molecule has 0 radical (unpaired) electrons. The SMILES string of the molecule is CN=CC(C(=O)NS1(=O)=NC(=O)c2ccc3c(c2)N(Cc2ccc(Cl)cc2CCCCO3)C[C@H](C)[C@@H](C)C/C=C/[C@H](OCCNC)[C@H](C)C1)=C(N)OC. The standard InChI is InChI=1S/C39H55ClN6O6S/c1-26-10-9-12-35(52-19-17-42-4)28(3)25-53(49,45-39(48)33(22-43-5)37(41)50-6)44-38(47)30-14-16-36-34(21-30)46(23-27(26)2)24-31-13-15-32(40)20-29(31)11-7-8-18-51-36/h9,12-16,20-22,26-28,35,42H,7-8,10-11,17-19,23-25,41H2,1-6H3,(H,44,45,47,48,49)/b12-9+,37-33?,43-22?/t26-,27-,28+,35-,53?/m0/s1. The third-order valence-corrected chi connectivity index (χ3v) is 11.8. The summed E-state index contributed by atoms with van der Waals surface area (Å²) in [6.45, 7) is 9.07. The van der Waals surface area contributed by atoms with Gasteiger partial charge in [-0.05, 0) is 86.0 Å². The predicted molar refractivity (Wildman–Crippen MR) is 213 cm³/mol. The monoisotopic (exact) mass is 770 g/mol. The Morgan fingerprint density at radius 3 is 2.68 bits per heavy atom. The summed E-state index contributed by atoms with van der Waals surface area (Å²) in [7, 11) is 0.830. The number of rotatable bonds is 8. The molecule has 0 spiro atoms. The van der Waals surface area contributed by atoms with Crippen LogP contribution in [0.25, 0.3) is 0 Å². The topological polar surface area (TPSA) is 157 Å². The van der Waals surface area contributed by atoms with Crippen molar-refractivity contribution >= 4 is 45.2 Å². The van der Waals surface area contributed by atoms with Gasteiger partial charge in [-0.1, -0.05) is 50.6 Å². The fourth-order valence-corrected chi connectivity index (χ4v) is 8.43. The molecular weight excluding hydrogens is 716 g/mol. The summed E-state index contributed by atoms with van der Waals surface area (Å²) in [6.07, 6.45) is 8.24. The third-order valence-electron chi connectivity index (χ3n) is 9.67. The molecule has 2 aliphatic heterocycles. The van der Waals surface area contributed by atoms with Crippen LogP contribution in [0.5, 0.6) is 5.75 Å². The van der Waals surface area contributed by atoms with Gasteiger partial charge in [0.15, 0.2) is 5.88 Å². The van der Waals surface area contributed by atoms with Gasteiger partial charge >= 0.3 is 0 Å². The minimum absolute atomic E-state index is 0.150. The average molecular weight is 771 g/mol. The van der Waals surface area contributed by atoms with Crippen LogP contribution in [0.4, 0.5) is 5.69 Å². The van der Waals surface area contributed by atoms with E-state index in [4.69, 9.17) is 31.5 Å². The maximum absolute atomic E-state index is 14.8. The number of fused-ring (bicyclic) bond motifs is 2. The quantitative estimate of drug-likeness (QED) is 0.101. The van der Waals surface area contributed by atoms with Crippen molar-refractivity contribution in [1.29, 1.82) is 0 Å². The van der Waals surface area contributed by atoms with E-state index in [9.17, 15) is 13.8 Å². The van der Waals surface area contributed by atoms with Crippen LogP contribution in [0.2, 0.25) is 5.02 Å². The largest absolute Gasteiger partial charge is 0.491 e. The Morgan fingerprint density at radius 1 is 1.15 bits per heavy atom. The zero-order valence-corrected chi connectivity index (χ0v) is 33.3. The minimum atomic E-state index is -3.78. The van der Waals surface area contributed by atoms with E-state index in [1.165, 1.54) is 25.9 Å². The molecule has 0 saturated heterocycles. The lowest BCUT2D eigenvalue weighted by Gasteiger charge is -2.32. The smallest absolute Gasteiger partial charge is 0.286 e. The van der Waals surface area contributed by atoms with E-state index in [1.807, 2.05) is 32.2 Å². The molecule has 2 aromatic carbocycles. The minimum Gasteiger partial charge on any atom is -0.491 e. The molecule has 0 fully saturated rings. The van der Waals surface area contributed by atoms with Gasteiger partial charge in [0.1, 0.15) is 21.2 Å². The van der Waals surface area contributed by atoms with E-state index < -0.39 is 33.8 Å². The van der Waals surface area contributed by atoms with Gasteiger partial charge in [-0.2, -0.15) is 0 Å². The number of carbonyl (C=O) groups is 2. The fraction of sp³-hybridized carbons (Fsp3) is 0.513. The van der Waals surface area contributed by atoms with Crippen molar-refractivity contribution in [2.75, 3.05) is 58.2 Å². The van der Waals surface area contributed by atoms with Gasteiger partial charge in [0, 0.05) is 49.4 Å². The number of allylic oxidation sites excluding steroid dienone is 1. The second-order valence-electron chi connectivity index (χ2n) is 13.8. The van der Waals surface area contributed by atoms with Crippen LogP contribution < -0.4 is 25.4 Å². The number of amides is 2. The van der Waals surface area contributed by atoms with Gasteiger partial charge in [-0.25, -0.2) is 4.21 Å². The van der Waals surface area contributed by atoms with Crippen LogP contribution in [-0.4, -0.2) is 81.6 Å². The van der Waals surface area contributed by atoms with Gasteiger partial charge in [-0.15, -0.1) is 4.36 Å². The number of hydrogen-bond donors (Lipinski definition) is 3. The number of nitrogens with zero attached hydrogens (tertiary/aromatic N) is 3. The van der Waals surface area contributed by atoms with E-state index in [0.29, 0.717) is 43.6 Å². The van der Waals surface area contributed by atoms with Crippen LogP contribution in [0.15, 0.2) is 69.4 Å². The zero-order chi connectivity index (χ0) is 38.5. The molecule has 2 aromatic rings. The molecule has 4 N–H and O–H groups in total. The summed E-state index contributed by atoms with van der Waals surface area (Å²) in [5, 5.41) is 3.78. The number of benzene rings is 2. The van der Waals surface area contributed by atoms with E-state index in [0.717, 1.165) is 36.9 Å². The van der Waals surface area contributed by atoms with Crippen molar-refractivity contribution < 1.29 is 28.0 Å². The van der Waals surface area contributed by atoms with Gasteiger partial charge in [-0.3, -0.25) is 19.3 Å². The first kappa shape index (κ1) is 41.8. The molecule has 4 rings (SSSR count). The van der Waals surface area contributed by atoms with Gasteiger partial charge in [0.2, 0.25) is 0 Å². The number of halogens is 1. The molecular formula is C39H55ClN6O6S. The Labute approximate surface area is 319 Å². The van der Waals surface area contributed by atoms with Crippen LogP contribution in [0.3, 0.4) is 0 Å². The first-order chi connectivity index (χ1) is 25.4. The maximum atomic E-state index is 14.8.